The van der Waals surface area contributed by atoms with Crippen LogP contribution in [0.15, 0.2) is 42.7 Å². The van der Waals surface area contributed by atoms with Crippen LogP contribution in [0.1, 0.15) is 24.6 Å². The molecule has 0 spiro atoms. The fourth-order valence-electron chi connectivity index (χ4n) is 1.87. The fourth-order valence-corrected chi connectivity index (χ4v) is 1.87. The van der Waals surface area contributed by atoms with Crippen molar-refractivity contribution in [2.24, 2.45) is 0 Å². The summed E-state index contributed by atoms with van der Waals surface area (Å²) in [6, 6.07) is 12.5. The molecule has 3 heteroatoms. The number of nitrogens with zero attached hydrogens (tertiary/aromatic N) is 2. The monoisotopic (exact) mass is 241 g/mol. The van der Waals surface area contributed by atoms with E-state index in [2.05, 4.69) is 46.5 Å². The molecule has 0 aliphatic heterocycles. The molecule has 0 aliphatic carbocycles. The van der Waals surface area contributed by atoms with Crippen LogP contribution in [0.3, 0.4) is 0 Å². The number of benzene rings is 1. The average molecular weight is 241 g/mol. The van der Waals surface area contributed by atoms with Crippen molar-refractivity contribution in [3.63, 3.8) is 0 Å². The van der Waals surface area contributed by atoms with E-state index in [1.807, 2.05) is 12.1 Å². The van der Waals surface area contributed by atoms with E-state index < -0.39 is 0 Å². The fraction of sp³-hybridized carbons (Fsp3) is 0.333. The number of rotatable bonds is 6. The van der Waals surface area contributed by atoms with Gasteiger partial charge in [-0.3, -0.25) is 0 Å². The summed E-state index contributed by atoms with van der Waals surface area (Å²) < 4.78 is 0. The molecule has 0 saturated carbocycles. The lowest BCUT2D eigenvalue weighted by molar-refractivity contribution is 0.870. The van der Waals surface area contributed by atoms with E-state index in [0.29, 0.717) is 0 Å². The SMILES string of the molecule is CCCc1cc(NCCc2ccccc2)ncn1. The average Bonchev–Trinajstić information content (AvgIpc) is 2.41. The van der Waals surface area contributed by atoms with E-state index in [-0.39, 0.29) is 0 Å². The Morgan fingerprint density at radius 2 is 1.89 bits per heavy atom. The van der Waals surface area contributed by atoms with Gasteiger partial charge in [-0.05, 0) is 18.4 Å². The first kappa shape index (κ1) is 12.6. The molecule has 0 saturated heterocycles. The lowest BCUT2D eigenvalue weighted by atomic mass is 10.1. The zero-order valence-electron chi connectivity index (χ0n) is 10.8. The van der Waals surface area contributed by atoms with Gasteiger partial charge in [-0.1, -0.05) is 43.7 Å². The van der Waals surface area contributed by atoms with Crippen LogP contribution < -0.4 is 5.32 Å². The molecule has 0 radical (unpaired) electrons. The van der Waals surface area contributed by atoms with E-state index in [1.165, 1.54) is 5.56 Å². The van der Waals surface area contributed by atoms with Gasteiger partial charge in [-0.15, -0.1) is 0 Å². The second-order valence-electron chi connectivity index (χ2n) is 4.31. The van der Waals surface area contributed by atoms with Crippen molar-refractivity contribution in [1.29, 1.82) is 0 Å². The minimum absolute atomic E-state index is 0.895. The molecule has 0 atom stereocenters. The molecular formula is C15H19N3. The first-order valence-electron chi connectivity index (χ1n) is 6.47. The van der Waals surface area contributed by atoms with Gasteiger partial charge in [0, 0.05) is 18.3 Å². The Hall–Kier alpha value is -1.90. The number of hydrogen-bond donors (Lipinski definition) is 1. The Balaban J connectivity index is 1.84. The van der Waals surface area contributed by atoms with Crippen LogP contribution in [-0.2, 0) is 12.8 Å². The zero-order chi connectivity index (χ0) is 12.6. The molecule has 2 aromatic rings. The van der Waals surface area contributed by atoms with Gasteiger partial charge in [0.05, 0.1) is 0 Å². The molecule has 1 heterocycles. The molecule has 1 aromatic heterocycles. The summed E-state index contributed by atoms with van der Waals surface area (Å²) in [6.07, 6.45) is 4.76. The topological polar surface area (TPSA) is 37.8 Å². The maximum Gasteiger partial charge on any atom is 0.129 e. The molecular weight excluding hydrogens is 222 g/mol. The Kier molecular flexibility index (Phi) is 4.70. The third-order valence-corrected chi connectivity index (χ3v) is 2.79. The van der Waals surface area contributed by atoms with E-state index in [9.17, 15) is 0 Å². The predicted molar refractivity (Wildman–Crippen MR) is 74.7 cm³/mol. The summed E-state index contributed by atoms with van der Waals surface area (Å²) in [4.78, 5) is 8.47. The van der Waals surface area contributed by atoms with E-state index in [0.717, 1.165) is 37.3 Å². The number of anilines is 1. The van der Waals surface area contributed by atoms with Crippen LogP contribution in [0.5, 0.6) is 0 Å². The summed E-state index contributed by atoms with van der Waals surface area (Å²) in [5.41, 5.74) is 2.45. The van der Waals surface area contributed by atoms with Gasteiger partial charge in [0.25, 0.3) is 0 Å². The molecule has 0 fully saturated rings. The lowest BCUT2D eigenvalue weighted by Gasteiger charge is -2.06. The minimum atomic E-state index is 0.895. The molecule has 1 N–H and O–H groups in total. The van der Waals surface area contributed by atoms with Crippen molar-refractivity contribution in [3.05, 3.63) is 54.0 Å². The maximum atomic E-state index is 4.24. The lowest BCUT2D eigenvalue weighted by Crippen LogP contribution is -2.07. The van der Waals surface area contributed by atoms with Crippen molar-refractivity contribution >= 4 is 5.82 Å². The first-order chi connectivity index (χ1) is 8.88. The standard InChI is InChI=1S/C15H19N3/c1-2-6-14-11-15(18-12-17-14)16-10-9-13-7-4-3-5-8-13/h3-5,7-8,11-12H,2,6,9-10H2,1H3,(H,16,17,18). The van der Waals surface area contributed by atoms with Gasteiger partial charge in [-0.2, -0.15) is 0 Å². The molecule has 0 bridgehead atoms. The maximum absolute atomic E-state index is 4.24. The highest BCUT2D eigenvalue weighted by atomic mass is 15.0. The van der Waals surface area contributed by atoms with Crippen molar-refractivity contribution in [2.75, 3.05) is 11.9 Å². The van der Waals surface area contributed by atoms with Gasteiger partial charge >= 0.3 is 0 Å². The van der Waals surface area contributed by atoms with Crippen LogP contribution in [0, 0.1) is 0 Å². The van der Waals surface area contributed by atoms with Gasteiger partial charge in [0.2, 0.25) is 0 Å². The van der Waals surface area contributed by atoms with Gasteiger partial charge in [0.15, 0.2) is 0 Å². The summed E-state index contributed by atoms with van der Waals surface area (Å²) in [7, 11) is 0. The Bertz CT molecular complexity index is 468. The Morgan fingerprint density at radius 1 is 1.06 bits per heavy atom. The van der Waals surface area contributed by atoms with Gasteiger partial charge in [-0.25, -0.2) is 9.97 Å². The summed E-state index contributed by atoms with van der Waals surface area (Å²) >= 11 is 0. The van der Waals surface area contributed by atoms with Crippen molar-refractivity contribution < 1.29 is 0 Å². The third kappa shape index (κ3) is 3.84. The molecule has 18 heavy (non-hydrogen) atoms. The highest BCUT2D eigenvalue weighted by Gasteiger charge is 1.98. The number of aromatic nitrogens is 2. The molecule has 0 aliphatic rings. The molecule has 0 amide bonds. The first-order valence-corrected chi connectivity index (χ1v) is 6.47. The predicted octanol–water partition coefficient (Wildman–Crippen LogP) is 3.08. The zero-order valence-corrected chi connectivity index (χ0v) is 10.8. The van der Waals surface area contributed by atoms with Gasteiger partial charge < -0.3 is 5.32 Å². The van der Waals surface area contributed by atoms with Crippen molar-refractivity contribution in [1.82, 2.24) is 9.97 Å². The summed E-state index contributed by atoms with van der Waals surface area (Å²) in [5, 5.41) is 3.34. The van der Waals surface area contributed by atoms with E-state index in [1.54, 1.807) is 6.33 Å². The van der Waals surface area contributed by atoms with Crippen LogP contribution in [-0.4, -0.2) is 16.5 Å². The summed E-state index contributed by atoms with van der Waals surface area (Å²) in [6.45, 7) is 3.05. The van der Waals surface area contributed by atoms with Crippen LogP contribution in [0.4, 0.5) is 5.82 Å². The molecule has 0 unspecified atom stereocenters. The number of hydrogen-bond acceptors (Lipinski definition) is 3. The van der Waals surface area contributed by atoms with Crippen LogP contribution >= 0.6 is 0 Å². The van der Waals surface area contributed by atoms with E-state index >= 15 is 0 Å². The highest BCUT2D eigenvalue weighted by Crippen LogP contribution is 2.06. The van der Waals surface area contributed by atoms with Crippen molar-refractivity contribution in [2.45, 2.75) is 26.2 Å². The van der Waals surface area contributed by atoms with Gasteiger partial charge in [0.1, 0.15) is 12.1 Å². The Labute approximate surface area is 108 Å². The van der Waals surface area contributed by atoms with E-state index in [4.69, 9.17) is 0 Å². The quantitative estimate of drug-likeness (QED) is 0.844. The third-order valence-electron chi connectivity index (χ3n) is 2.79. The number of nitrogens with one attached hydrogen (secondary N) is 1. The smallest absolute Gasteiger partial charge is 0.129 e. The minimum Gasteiger partial charge on any atom is -0.370 e. The normalized spacial score (nSPS) is 10.3. The number of aryl methyl sites for hydroxylation is 1. The second kappa shape index (κ2) is 6.74. The summed E-state index contributed by atoms with van der Waals surface area (Å²) in [5.74, 6) is 0.921. The molecule has 1 aromatic carbocycles. The second-order valence-corrected chi connectivity index (χ2v) is 4.31. The molecule has 3 nitrogen and oxygen atoms in total. The molecule has 94 valence electrons. The van der Waals surface area contributed by atoms with Crippen LogP contribution in [0.2, 0.25) is 0 Å². The van der Waals surface area contributed by atoms with Crippen LogP contribution in [0.25, 0.3) is 0 Å². The molecule has 2 rings (SSSR count). The largest absolute Gasteiger partial charge is 0.370 e. The van der Waals surface area contributed by atoms with Crippen molar-refractivity contribution in [3.8, 4) is 0 Å². The Morgan fingerprint density at radius 3 is 2.67 bits per heavy atom. The highest BCUT2D eigenvalue weighted by molar-refractivity contribution is 5.35.